The Hall–Kier alpha value is -2.37. The molecular formula is C20H15BrClNO3. The summed E-state index contributed by atoms with van der Waals surface area (Å²) in [6.45, 7) is 1.99. The molecule has 2 aromatic carbocycles. The maximum absolute atomic E-state index is 12.8. The highest BCUT2D eigenvalue weighted by atomic mass is 79.9. The van der Waals surface area contributed by atoms with Gasteiger partial charge in [-0.05, 0) is 40.5 Å². The number of pyridine rings is 1. The lowest BCUT2D eigenvalue weighted by Crippen LogP contribution is -2.14. The third kappa shape index (κ3) is 4.23. The van der Waals surface area contributed by atoms with E-state index in [2.05, 4.69) is 20.9 Å². The number of rotatable bonds is 5. The first-order chi connectivity index (χ1) is 12.6. The Morgan fingerprint density at radius 3 is 2.35 bits per heavy atom. The van der Waals surface area contributed by atoms with E-state index in [1.807, 2.05) is 36.4 Å². The van der Waals surface area contributed by atoms with E-state index in [1.165, 1.54) is 0 Å². The number of aromatic nitrogens is 1. The fraction of sp³-hybridized carbons (Fsp3) is 0.100. The third-order valence-electron chi connectivity index (χ3n) is 3.68. The van der Waals surface area contributed by atoms with Gasteiger partial charge in [0.1, 0.15) is 23.1 Å². The largest absolute Gasteiger partial charge is 0.485 e. The Labute approximate surface area is 164 Å². The molecule has 0 atom stereocenters. The molecule has 4 nitrogen and oxygen atoms in total. The van der Waals surface area contributed by atoms with E-state index in [1.54, 1.807) is 31.2 Å². The molecule has 0 bridgehead atoms. The van der Waals surface area contributed by atoms with Gasteiger partial charge < -0.3 is 9.47 Å². The van der Waals surface area contributed by atoms with Crippen LogP contribution in [0.2, 0.25) is 5.15 Å². The van der Waals surface area contributed by atoms with Crippen molar-refractivity contribution in [1.82, 2.24) is 4.98 Å². The summed E-state index contributed by atoms with van der Waals surface area (Å²) in [7, 11) is 0. The topological polar surface area (TPSA) is 48.4 Å². The van der Waals surface area contributed by atoms with Crippen molar-refractivity contribution in [2.24, 2.45) is 0 Å². The number of halogens is 2. The minimum absolute atomic E-state index is 0.212. The van der Waals surface area contributed by atoms with Crippen LogP contribution in [0.25, 0.3) is 0 Å². The first kappa shape index (κ1) is 18.4. The molecule has 0 spiro atoms. The molecule has 1 heterocycles. The zero-order valence-electron chi connectivity index (χ0n) is 13.9. The van der Waals surface area contributed by atoms with Crippen molar-refractivity contribution in [3.8, 4) is 11.5 Å². The van der Waals surface area contributed by atoms with E-state index in [0.29, 0.717) is 21.7 Å². The summed E-state index contributed by atoms with van der Waals surface area (Å²) in [5.74, 6) is 0.188. The number of nitrogens with zero attached hydrogens (tertiary/aromatic N) is 1. The van der Waals surface area contributed by atoms with E-state index in [9.17, 15) is 4.79 Å². The Morgan fingerprint density at radius 2 is 1.69 bits per heavy atom. The van der Waals surface area contributed by atoms with Gasteiger partial charge in [-0.2, -0.15) is 0 Å². The number of hydrogen-bond acceptors (Lipinski definition) is 4. The molecule has 3 aromatic rings. The third-order valence-corrected chi connectivity index (χ3v) is 4.58. The highest BCUT2D eigenvalue weighted by molar-refractivity contribution is 9.10. The smallest absolute Gasteiger partial charge is 0.347 e. The zero-order chi connectivity index (χ0) is 18.5. The lowest BCUT2D eigenvalue weighted by atomic mass is 10.1. The Balaban J connectivity index is 1.93. The summed E-state index contributed by atoms with van der Waals surface area (Å²) in [4.78, 5) is 16.9. The van der Waals surface area contributed by atoms with Gasteiger partial charge in [0, 0.05) is 5.56 Å². The predicted octanol–water partition coefficient (Wildman–Crippen LogP) is 5.60. The second-order valence-corrected chi connectivity index (χ2v) is 6.61. The number of para-hydroxylation sites is 1. The van der Waals surface area contributed by atoms with Gasteiger partial charge in [0.05, 0.1) is 0 Å². The molecule has 0 saturated carbocycles. The van der Waals surface area contributed by atoms with Crippen LogP contribution in [0.4, 0.5) is 0 Å². The fourth-order valence-electron chi connectivity index (χ4n) is 2.35. The van der Waals surface area contributed by atoms with E-state index in [0.717, 1.165) is 5.56 Å². The molecule has 3 rings (SSSR count). The van der Waals surface area contributed by atoms with Crippen LogP contribution in [0.3, 0.4) is 0 Å². The summed E-state index contributed by atoms with van der Waals surface area (Å²) in [6.07, 6.45) is 0. The molecule has 0 aliphatic carbocycles. The summed E-state index contributed by atoms with van der Waals surface area (Å²) in [6, 6.07) is 18.5. The zero-order valence-corrected chi connectivity index (χ0v) is 16.3. The van der Waals surface area contributed by atoms with E-state index < -0.39 is 5.97 Å². The molecule has 0 radical (unpaired) electrons. The van der Waals surface area contributed by atoms with E-state index in [-0.39, 0.29) is 17.3 Å². The van der Waals surface area contributed by atoms with Crippen molar-refractivity contribution in [3.63, 3.8) is 0 Å². The molecular weight excluding hydrogens is 418 g/mol. The van der Waals surface area contributed by atoms with Crippen molar-refractivity contribution in [2.45, 2.75) is 13.5 Å². The lowest BCUT2D eigenvalue weighted by Gasteiger charge is -2.15. The Bertz CT molecular complexity index is 917. The highest BCUT2D eigenvalue weighted by Crippen LogP contribution is 2.35. The quantitative estimate of drug-likeness (QED) is 0.299. The molecule has 0 saturated heterocycles. The number of esters is 1. The number of hydrogen-bond donors (Lipinski definition) is 0. The van der Waals surface area contributed by atoms with Gasteiger partial charge in [-0.25, -0.2) is 9.78 Å². The maximum Gasteiger partial charge on any atom is 0.347 e. The van der Waals surface area contributed by atoms with Gasteiger partial charge in [0.2, 0.25) is 0 Å². The maximum atomic E-state index is 12.8. The minimum atomic E-state index is -0.554. The minimum Gasteiger partial charge on any atom is -0.485 e. The van der Waals surface area contributed by atoms with Crippen LogP contribution >= 0.6 is 27.5 Å². The van der Waals surface area contributed by atoms with Crippen LogP contribution in [-0.2, 0) is 6.61 Å². The Kier molecular flexibility index (Phi) is 5.91. The molecule has 0 N–H and O–H groups in total. The molecule has 26 heavy (non-hydrogen) atoms. The highest BCUT2D eigenvalue weighted by Gasteiger charge is 2.24. The van der Waals surface area contributed by atoms with Gasteiger partial charge in [0.25, 0.3) is 0 Å². The van der Waals surface area contributed by atoms with Crippen molar-refractivity contribution in [3.05, 3.63) is 87.1 Å². The molecule has 132 valence electrons. The predicted molar refractivity (Wildman–Crippen MR) is 104 cm³/mol. The number of carbonyl (C=O) groups excluding carboxylic acids is 1. The van der Waals surface area contributed by atoms with Gasteiger partial charge in [-0.3, -0.25) is 0 Å². The van der Waals surface area contributed by atoms with E-state index in [4.69, 9.17) is 21.1 Å². The number of carbonyl (C=O) groups is 1. The van der Waals surface area contributed by atoms with Crippen LogP contribution in [-0.4, -0.2) is 11.0 Å². The fourth-order valence-corrected chi connectivity index (χ4v) is 3.12. The molecule has 0 fully saturated rings. The lowest BCUT2D eigenvalue weighted by molar-refractivity contribution is 0.0728. The molecule has 0 unspecified atom stereocenters. The number of benzene rings is 2. The molecule has 0 aliphatic rings. The van der Waals surface area contributed by atoms with Gasteiger partial charge in [0.15, 0.2) is 10.4 Å². The SMILES string of the molecule is Cc1c(Cl)nc(Br)c(OCc2ccccc2)c1C(=O)Oc1ccccc1. The van der Waals surface area contributed by atoms with Gasteiger partial charge >= 0.3 is 5.97 Å². The summed E-state index contributed by atoms with van der Waals surface area (Å²) in [5, 5.41) is 0.212. The monoisotopic (exact) mass is 431 g/mol. The van der Waals surface area contributed by atoms with Gasteiger partial charge in [-0.15, -0.1) is 0 Å². The first-order valence-corrected chi connectivity index (χ1v) is 9.03. The summed E-state index contributed by atoms with van der Waals surface area (Å²) < 4.78 is 11.7. The van der Waals surface area contributed by atoms with Crippen molar-refractivity contribution >= 4 is 33.5 Å². The normalized spacial score (nSPS) is 10.4. The summed E-state index contributed by atoms with van der Waals surface area (Å²) >= 11 is 9.48. The second-order valence-electron chi connectivity index (χ2n) is 5.50. The molecule has 1 aromatic heterocycles. The average Bonchev–Trinajstić information content (AvgIpc) is 2.65. The number of ether oxygens (including phenoxy) is 2. The van der Waals surface area contributed by atoms with Crippen LogP contribution in [0.5, 0.6) is 11.5 Å². The van der Waals surface area contributed by atoms with Crippen molar-refractivity contribution in [2.75, 3.05) is 0 Å². The molecule has 0 amide bonds. The van der Waals surface area contributed by atoms with Gasteiger partial charge in [-0.1, -0.05) is 60.1 Å². The average molecular weight is 433 g/mol. The summed E-state index contributed by atoms with van der Waals surface area (Å²) in [5.41, 5.74) is 1.71. The van der Waals surface area contributed by atoms with Crippen LogP contribution in [0.1, 0.15) is 21.5 Å². The van der Waals surface area contributed by atoms with Crippen LogP contribution in [0, 0.1) is 6.92 Å². The molecule has 6 heteroatoms. The second kappa shape index (κ2) is 8.34. The standard InChI is InChI=1S/C20H15BrClNO3/c1-13-16(20(24)26-15-10-6-3-7-11-15)17(18(21)23-19(13)22)25-12-14-8-4-2-5-9-14/h2-11H,12H2,1H3. The molecule has 0 aliphatic heterocycles. The van der Waals surface area contributed by atoms with Crippen molar-refractivity contribution in [1.29, 1.82) is 0 Å². The van der Waals surface area contributed by atoms with E-state index >= 15 is 0 Å². The van der Waals surface area contributed by atoms with Crippen LogP contribution < -0.4 is 9.47 Å². The Morgan fingerprint density at radius 1 is 1.08 bits per heavy atom. The van der Waals surface area contributed by atoms with Crippen molar-refractivity contribution < 1.29 is 14.3 Å². The van der Waals surface area contributed by atoms with Crippen LogP contribution in [0.15, 0.2) is 65.3 Å². The first-order valence-electron chi connectivity index (χ1n) is 7.86.